The second kappa shape index (κ2) is 9.98. The summed E-state index contributed by atoms with van der Waals surface area (Å²) >= 11 is 3.02. The van der Waals surface area contributed by atoms with Gasteiger partial charge in [-0.15, -0.1) is 11.8 Å². The summed E-state index contributed by atoms with van der Waals surface area (Å²) in [5.41, 5.74) is 1.83. The molecular formula is C22H25N3O2S2. The minimum absolute atomic E-state index is 0.0314. The van der Waals surface area contributed by atoms with Gasteiger partial charge in [0.2, 0.25) is 5.91 Å². The van der Waals surface area contributed by atoms with Crippen molar-refractivity contribution in [3.8, 4) is 0 Å². The van der Waals surface area contributed by atoms with Crippen molar-refractivity contribution in [3.05, 3.63) is 64.4 Å². The number of hydrogen-bond acceptors (Lipinski definition) is 5. The van der Waals surface area contributed by atoms with E-state index < -0.39 is 0 Å². The number of hydrogen-bond donors (Lipinski definition) is 1. The molecule has 1 amide bonds. The molecule has 152 valence electrons. The molecule has 0 radical (unpaired) electrons. The van der Waals surface area contributed by atoms with Gasteiger partial charge in [-0.3, -0.25) is 14.2 Å². The van der Waals surface area contributed by atoms with Crippen molar-refractivity contribution in [2.45, 2.75) is 36.9 Å². The number of thioether (sulfide) groups is 2. The molecule has 0 aliphatic carbocycles. The summed E-state index contributed by atoms with van der Waals surface area (Å²) in [5, 5.41) is 4.12. The van der Waals surface area contributed by atoms with Crippen molar-refractivity contribution >= 4 is 40.3 Å². The Balaban J connectivity index is 1.57. The monoisotopic (exact) mass is 427 g/mol. The predicted octanol–water partition coefficient (Wildman–Crippen LogP) is 4.29. The summed E-state index contributed by atoms with van der Waals surface area (Å²) in [4.78, 5) is 30.9. The number of nitrogens with one attached hydrogen (secondary N) is 1. The van der Waals surface area contributed by atoms with E-state index in [9.17, 15) is 9.59 Å². The number of rotatable bonds is 8. The molecule has 0 aliphatic rings. The molecule has 1 N–H and O–H groups in total. The highest BCUT2D eigenvalue weighted by Gasteiger charge is 2.15. The third kappa shape index (κ3) is 5.64. The number of carbonyl (C=O) groups is 1. The Bertz CT molecular complexity index is 1050. The Hall–Kier alpha value is -2.25. The lowest BCUT2D eigenvalue weighted by Gasteiger charge is -2.16. The van der Waals surface area contributed by atoms with Crippen LogP contribution in [0.4, 0.5) is 0 Å². The zero-order valence-corrected chi connectivity index (χ0v) is 18.5. The number of carbonyl (C=O) groups excluding carboxylic acids is 1. The topological polar surface area (TPSA) is 64.0 Å². The Labute approximate surface area is 179 Å². The Kier molecular flexibility index (Phi) is 7.39. The van der Waals surface area contributed by atoms with Crippen LogP contribution >= 0.6 is 23.5 Å². The SMILES string of the molecule is Cc1ccc(SCCNC(=O)CSc2nc3ccccc3c(=O)n2C(C)C)cc1. The summed E-state index contributed by atoms with van der Waals surface area (Å²) in [6, 6.07) is 15.6. The zero-order chi connectivity index (χ0) is 20.8. The summed E-state index contributed by atoms with van der Waals surface area (Å²) in [6.07, 6.45) is 0. The normalized spacial score (nSPS) is 11.2. The average Bonchev–Trinajstić information content (AvgIpc) is 2.70. The molecule has 3 aromatic rings. The van der Waals surface area contributed by atoms with E-state index in [1.54, 1.807) is 22.4 Å². The molecule has 0 spiro atoms. The standard InChI is InChI=1S/C22H25N3O2S2/c1-15(2)25-21(27)18-6-4-5-7-19(18)24-22(25)29-14-20(26)23-12-13-28-17-10-8-16(3)9-11-17/h4-11,15H,12-14H2,1-3H3,(H,23,26). The quantitative estimate of drug-likeness (QED) is 0.330. The van der Waals surface area contributed by atoms with Crippen LogP contribution in [-0.2, 0) is 4.79 Å². The first kappa shape index (κ1) is 21.5. The highest BCUT2D eigenvalue weighted by molar-refractivity contribution is 7.99. The molecule has 0 bridgehead atoms. The van der Waals surface area contributed by atoms with Crippen LogP contribution in [0.3, 0.4) is 0 Å². The molecule has 2 aromatic carbocycles. The molecule has 5 nitrogen and oxygen atoms in total. The maximum absolute atomic E-state index is 12.8. The van der Waals surface area contributed by atoms with E-state index >= 15 is 0 Å². The van der Waals surface area contributed by atoms with Crippen LogP contribution in [0.1, 0.15) is 25.5 Å². The minimum Gasteiger partial charge on any atom is -0.355 e. The minimum atomic E-state index is -0.0667. The van der Waals surface area contributed by atoms with Gasteiger partial charge in [0.1, 0.15) is 0 Å². The first-order chi connectivity index (χ1) is 14.0. The Morgan fingerprint density at radius 2 is 1.83 bits per heavy atom. The lowest BCUT2D eigenvalue weighted by atomic mass is 10.2. The Morgan fingerprint density at radius 1 is 1.10 bits per heavy atom. The van der Waals surface area contributed by atoms with Gasteiger partial charge in [-0.25, -0.2) is 4.98 Å². The maximum Gasteiger partial charge on any atom is 0.262 e. The van der Waals surface area contributed by atoms with Crippen LogP contribution in [0.5, 0.6) is 0 Å². The second-order valence-electron chi connectivity index (χ2n) is 6.98. The third-order valence-corrected chi connectivity index (χ3v) is 6.30. The van der Waals surface area contributed by atoms with Crippen LogP contribution in [-0.4, -0.2) is 33.5 Å². The maximum atomic E-state index is 12.8. The van der Waals surface area contributed by atoms with Gasteiger partial charge in [-0.05, 0) is 45.0 Å². The molecule has 0 aliphatic heterocycles. The number of aromatic nitrogens is 2. The lowest BCUT2D eigenvalue weighted by Crippen LogP contribution is -2.29. The molecule has 1 heterocycles. The van der Waals surface area contributed by atoms with Crippen LogP contribution in [0.2, 0.25) is 0 Å². The fourth-order valence-corrected chi connectivity index (χ4v) is 4.58. The molecule has 7 heteroatoms. The van der Waals surface area contributed by atoms with Gasteiger partial charge in [-0.2, -0.15) is 0 Å². The number of para-hydroxylation sites is 1. The number of fused-ring (bicyclic) bond motifs is 1. The number of aryl methyl sites for hydroxylation is 1. The van der Waals surface area contributed by atoms with Gasteiger partial charge in [-0.1, -0.05) is 41.6 Å². The fraction of sp³-hybridized carbons (Fsp3) is 0.318. The molecule has 0 unspecified atom stereocenters. The van der Waals surface area contributed by atoms with E-state index in [0.29, 0.717) is 22.6 Å². The predicted molar refractivity (Wildman–Crippen MR) is 122 cm³/mol. The molecule has 0 saturated carbocycles. The molecule has 0 atom stereocenters. The average molecular weight is 428 g/mol. The fourth-order valence-electron chi connectivity index (χ4n) is 2.86. The smallest absolute Gasteiger partial charge is 0.262 e. The molecule has 3 rings (SSSR count). The summed E-state index contributed by atoms with van der Waals surface area (Å²) in [6.45, 7) is 6.56. The third-order valence-electron chi connectivity index (χ3n) is 4.34. The van der Waals surface area contributed by atoms with Crippen LogP contribution in [0.15, 0.2) is 63.4 Å². The number of benzene rings is 2. The van der Waals surface area contributed by atoms with E-state index in [1.807, 2.05) is 32.0 Å². The van der Waals surface area contributed by atoms with E-state index in [1.165, 1.54) is 22.2 Å². The van der Waals surface area contributed by atoms with Crippen molar-refractivity contribution < 1.29 is 4.79 Å². The zero-order valence-electron chi connectivity index (χ0n) is 16.8. The van der Waals surface area contributed by atoms with Crippen LogP contribution < -0.4 is 10.9 Å². The van der Waals surface area contributed by atoms with Crippen molar-refractivity contribution in [2.24, 2.45) is 0 Å². The first-order valence-electron chi connectivity index (χ1n) is 9.56. The first-order valence-corrected chi connectivity index (χ1v) is 11.5. The van der Waals surface area contributed by atoms with Crippen molar-refractivity contribution in [2.75, 3.05) is 18.1 Å². The molecule has 0 saturated heterocycles. The van der Waals surface area contributed by atoms with Crippen molar-refractivity contribution in [3.63, 3.8) is 0 Å². The van der Waals surface area contributed by atoms with Gasteiger partial charge in [0.05, 0.1) is 16.7 Å². The highest BCUT2D eigenvalue weighted by Crippen LogP contribution is 2.21. The van der Waals surface area contributed by atoms with Crippen LogP contribution in [0, 0.1) is 6.92 Å². The van der Waals surface area contributed by atoms with E-state index in [2.05, 4.69) is 41.5 Å². The van der Waals surface area contributed by atoms with Crippen molar-refractivity contribution in [1.82, 2.24) is 14.9 Å². The highest BCUT2D eigenvalue weighted by atomic mass is 32.2. The molecule has 0 fully saturated rings. The summed E-state index contributed by atoms with van der Waals surface area (Å²) < 4.78 is 1.66. The van der Waals surface area contributed by atoms with Crippen LogP contribution in [0.25, 0.3) is 10.9 Å². The van der Waals surface area contributed by atoms with Gasteiger partial charge in [0.15, 0.2) is 5.16 Å². The largest absolute Gasteiger partial charge is 0.355 e. The second-order valence-corrected chi connectivity index (χ2v) is 9.09. The van der Waals surface area contributed by atoms with Gasteiger partial charge in [0.25, 0.3) is 5.56 Å². The summed E-state index contributed by atoms with van der Waals surface area (Å²) in [7, 11) is 0. The molecular weight excluding hydrogens is 402 g/mol. The van der Waals surface area contributed by atoms with E-state index in [4.69, 9.17) is 0 Å². The van der Waals surface area contributed by atoms with Gasteiger partial charge < -0.3 is 5.32 Å². The van der Waals surface area contributed by atoms with E-state index in [-0.39, 0.29) is 23.3 Å². The molecule has 1 aromatic heterocycles. The number of nitrogens with zero attached hydrogens (tertiary/aromatic N) is 2. The van der Waals surface area contributed by atoms with E-state index in [0.717, 1.165) is 5.75 Å². The summed E-state index contributed by atoms with van der Waals surface area (Å²) in [5.74, 6) is 0.981. The van der Waals surface area contributed by atoms with Crippen molar-refractivity contribution in [1.29, 1.82) is 0 Å². The lowest BCUT2D eigenvalue weighted by molar-refractivity contribution is -0.118. The van der Waals surface area contributed by atoms with Gasteiger partial charge in [0, 0.05) is 23.2 Å². The molecule has 29 heavy (non-hydrogen) atoms. The van der Waals surface area contributed by atoms with Gasteiger partial charge >= 0.3 is 0 Å². The Morgan fingerprint density at radius 3 is 2.55 bits per heavy atom. The number of amides is 1.